The summed E-state index contributed by atoms with van der Waals surface area (Å²) in [5, 5.41) is 11.2. The van der Waals surface area contributed by atoms with Gasteiger partial charge in [0.2, 0.25) is 0 Å². The van der Waals surface area contributed by atoms with Gasteiger partial charge in [0, 0.05) is 11.3 Å². The average molecular weight is 364 g/mol. The number of esters is 1. The van der Waals surface area contributed by atoms with Gasteiger partial charge in [-0.25, -0.2) is 0 Å². The Kier molecular flexibility index (Phi) is 3.51. The number of carbonyl (C=O) groups is 1. The van der Waals surface area contributed by atoms with Gasteiger partial charge in [0.1, 0.15) is 6.10 Å². The maximum Gasteiger partial charge on any atom is 0.311 e. The number of methoxy groups -OCH3 is 1. The van der Waals surface area contributed by atoms with Gasteiger partial charge in [-0.05, 0) is 69.1 Å². The first-order valence-corrected chi connectivity index (χ1v) is 10.4. The number of hydrogen-bond donors (Lipinski definition) is 1. The fraction of sp³-hybridized carbons (Fsp3) is 0.952. The number of fused-ring (bicyclic) bond motifs is 5. The van der Waals surface area contributed by atoms with Crippen molar-refractivity contribution in [1.29, 1.82) is 0 Å². The van der Waals surface area contributed by atoms with Gasteiger partial charge in [-0.3, -0.25) is 4.79 Å². The lowest BCUT2D eigenvalue weighted by Crippen LogP contribution is -2.61. The Morgan fingerprint density at radius 2 is 1.92 bits per heavy atom. The van der Waals surface area contributed by atoms with Crippen molar-refractivity contribution in [2.45, 2.75) is 77.1 Å². The Hall–Kier alpha value is -0.650. The zero-order valence-electron chi connectivity index (χ0n) is 16.3. The third-order valence-corrected chi connectivity index (χ3v) is 9.45. The third-order valence-electron chi connectivity index (χ3n) is 9.45. The molecule has 1 aliphatic heterocycles. The molecule has 2 bridgehead atoms. The minimum atomic E-state index is -1.09. The minimum absolute atomic E-state index is 0.00772. The molecule has 5 heteroatoms. The smallest absolute Gasteiger partial charge is 0.311 e. The monoisotopic (exact) mass is 364 g/mol. The third kappa shape index (κ3) is 1.81. The highest BCUT2D eigenvalue weighted by atomic mass is 16.8. The van der Waals surface area contributed by atoms with E-state index in [0.29, 0.717) is 11.8 Å². The van der Waals surface area contributed by atoms with Crippen molar-refractivity contribution in [3.05, 3.63) is 0 Å². The lowest BCUT2D eigenvalue weighted by molar-refractivity contribution is -0.205. The molecule has 1 spiro atoms. The van der Waals surface area contributed by atoms with Crippen LogP contribution in [0.4, 0.5) is 0 Å². The van der Waals surface area contributed by atoms with E-state index in [2.05, 4.69) is 13.8 Å². The van der Waals surface area contributed by atoms with Gasteiger partial charge in [-0.2, -0.15) is 0 Å². The Balaban J connectivity index is 1.57. The topological polar surface area (TPSA) is 65.0 Å². The van der Waals surface area contributed by atoms with E-state index in [-0.39, 0.29) is 41.0 Å². The molecule has 0 radical (unpaired) electrons. The predicted octanol–water partition coefficient (Wildman–Crippen LogP) is 3.24. The molecule has 5 nitrogen and oxygen atoms in total. The van der Waals surface area contributed by atoms with Gasteiger partial charge in [-0.15, -0.1) is 0 Å². The van der Waals surface area contributed by atoms with E-state index in [9.17, 15) is 9.90 Å². The van der Waals surface area contributed by atoms with Crippen molar-refractivity contribution in [3.8, 4) is 0 Å². The summed E-state index contributed by atoms with van der Waals surface area (Å²) in [7, 11) is 1.52. The van der Waals surface area contributed by atoms with Crippen molar-refractivity contribution in [3.63, 3.8) is 0 Å². The van der Waals surface area contributed by atoms with Crippen molar-refractivity contribution in [1.82, 2.24) is 0 Å². The SMILES string of the molecule is COC(=O)[C@]1(C)CCC[C@@]2(C)[C@@H]3CC[C@@H]4C[C@@]3(CC[C@@H]21)[C@H]1OCO[C@@]41O. The summed E-state index contributed by atoms with van der Waals surface area (Å²) < 4.78 is 17.0. The molecule has 1 saturated heterocycles. The highest BCUT2D eigenvalue weighted by Crippen LogP contribution is 2.74. The first kappa shape index (κ1) is 17.4. The van der Waals surface area contributed by atoms with Crippen LogP contribution in [-0.2, 0) is 19.0 Å². The van der Waals surface area contributed by atoms with Gasteiger partial charge >= 0.3 is 5.97 Å². The normalized spacial score (nSPS) is 57.8. The maximum absolute atomic E-state index is 12.7. The van der Waals surface area contributed by atoms with Crippen LogP contribution in [-0.4, -0.2) is 36.9 Å². The van der Waals surface area contributed by atoms with Crippen LogP contribution in [0.2, 0.25) is 0 Å². The lowest BCUT2D eigenvalue weighted by Gasteiger charge is -2.64. The first-order valence-electron chi connectivity index (χ1n) is 10.4. The predicted molar refractivity (Wildman–Crippen MR) is 93.8 cm³/mol. The summed E-state index contributed by atoms with van der Waals surface area (Å²) in [5.74, 6) is -0.101. The van der Waals surface area contributed by atoms with Gasteiger partial charge < -0.3 is 19.3 Å². The standard InChI is InChI=1S/C21H32O5/c1-18-8-4-9-19(2,17(22)24-3)14(18)7-10-20-11-13(5-6-15(18)20)21(23)16(20)25-12-26-21/h13-16,23H,4-12H2,1-3H3/t13-,14+,15+,16-,18-,19-,20-,21+/m1/s1. The van der Waals surface area contributed by atoms with Crippen LogP contribution >= 0.6 is 0 Å². The second kappa shape index (κ2) is 5.24. The van der Waals surface area contributed by atoms with E-state index in [1.807, 2.05) is 0 Å². The van der Waals surface area contributed by atoms with Crippen molar-refractivity contribution in [2.75, 3.05) is 13.9 Å². The molecule has 146 valence electrons. The summed E-state index contributed by atoms with van der Waals surface area (Å²) in [6.07, 6.45) is 8.12. The van der Waals surface area contributed by atoms with Crippen LogP contribution in [0.1, 0.15) is 65.2 Å². The first-order chi connectivity index (χ1) is 12.3. The number of hydrogen-bond acceptors (Lipinski definition) is 5. The maximum atomic E-state index is 12.7. The van der Waals surface area contributed by atoms with Crippen LogP contribution in [0.3, 0.4) is 0 Å². The van der Waals surface area contributed by atoms with Crippen molar-refractivity contribution >= 4 is 5.97 Å². The molecule has 26 heavy (non-hydrogen) atoms. The molecular weight excluding hydrogens is 332 g/mol. The number of carbonyl (C=O) groups excluding carboxylic acids is 1. The second-order valence-electron chi connectivity index (χ2n) is 10.2. The lowest BCUT2D eigenvalue weighted by atomic mass is 9.40. The summed E-state index contributed by atoms with van der Waals surface area (Å²) in [5.41, 5.74) is -0.280. The Bertz CT molecular complexity index is 636. The van der Waals surface area contributed by atoms with Crippen molar-refractivity contribution in [2.24, 2.45) is 34.0 Å². The molecule has 0 aromatic heterocycles. The van der Waals surface area contributed by atoms with Crippen LogP contribution in [0, 0.1) is 34.0 Å². The van der Waals surface area contributed by atoms with Gasteiger partial charge in [0.05, 0.1) is 12.5 Å². The Labute approximate surface area is 155 Å². The summed E-state index contributed by atoms with van der Waals surface area (Å²) in [6.45, 7) is 4.76. The van der Waals surface area contributed by atoms with E-state index in [0.717, 1.165) is 51.4 Å². The highest BCUT2D eigenvalue weighted by Gasteiger charge is 2.75. The molecular formula is C21H32O5. The molecule has 4 saturated carbocycles. The van der Waals surface area contributed by atoms with Gasteiger partial charge in [0.15, 0.2) is 12.6 Å². The quantitative estimate of drug-likeness (QED) is 0.724. The van der Waals surface area contributed by atoms with E-state index in [4.69, 9.17) is 14.2 Å². The molecule has 5 rings (SSSR count). The van der Waals surface area contributed by atoms with Crippen LogP contribution in [0.5, 0.6) is 0 Å². The summed E-state index contributed by atoms with van der Waals surface area (Å²) in [4.78, 5) is 12.7. The molecule has 0 amide bonds. The van der Waals surface area contributed by atoms with Gasteiger partial charge in [-0.1, -0.05) is 13.3 Å². The van der Waals surface area contributed by atoms with Crippen molar-refractivity contribution < 1.29 is 24.1 Å². The van der Waals surface area contributed by atoms with E-state index in [1.54, 1.807) is 0 Å². The molecule has 1 heterocycles. The molecule has 8 atom stereocenters. The minimum Gasteiger partial charge on any atom is -0.469 e. The highest BCUT2D eigenvalue weighted by molar-refractivity contribution is 5.77. The van der Waals surface area contributed by atoms with Crippen LogP contribution in [0.25, 0.3) is 0 Å². The zero-order chi connectivity index (χ0) is 18.4. The molecule has 5 fully saturated rings. The molecule has 0 aromatic rings. The van der Waals surface area contributed by atoms with E-state index < -0.39 is 5.79 Å². The largest absolute Gasteiger partial charge is 0.469 e. The van der Waals surface area contributed by atoms with Crippen LogP contribution < -0.4 is 0 Å². The number of rotatable bonds is 1. The average Bonchev–Trinajstić information content (AvgIpc) is 3.09. The molecule has 5 aliphatic rings. The molecule has 4 aliphatic carbocycles. The fourth-order valence-electron chi connectivity index (χ4n) is 8.56. The Morgan fingerprint density at radius 3 is 2.69 bits per heavy atom. The summed E-state index contributed by atoms with van der Waals surface area (Å²) >= 11 is 0. The molecule has 1 N–H and O–H groups in total. The Morgan fingerprint density at radius 1 is 1.12 bits per heavy atom. The van der Waals surface area contributed by atoms with E-state index in [1.165, 1.54) is 7.11 Å². The summed E-state index contributed by atoms with van der Waals surface area (Å²) in [6, 6.07) is 0. The zero-order valence-corrected chi connectivity index (χ0v) is 16.3. The van der Waals surface area contributed by atoms with Gasteiger partial charge in [0.25, 0.3) is 0 Å². The molecule has 0 aromatic carbocycles. The molecule has 0 unspecified atom stereocenters. The van der Waals surface area contributed by atoms with Crippen LogP contribution in [0.15, 0.2) is 0 Å². The number of aliphatic hydroxyl groups is 1. The van der Waals surface area contributed by atoms with E-state index >= 15 is 0 Å². The number of ether oxygens (including phenoxy) is 3. The second-order valence-corrected chi connectivity index (χ2v) is 10.2. The fourth-order valence-corrected chi connectivity index (χ4v) is 8.56.